The number of hydrogen-bond donors (Lipinski definition) is 0. The summed E-state index contributed by atoms with van der Waals surface area (Å²) in [5.74, 6) is 0.0399. The molecule has 0 aliphatic rings. The van der Waals surface area contributed by atoms with Crippen LogP contribution in [0.2, 0.25) is 0 Å². The summed E-state index contributed by atoms with van der Waals surface area (Å²) >= 11 is 67.0. The maximum absolute atomic E-state index is 3.72. The monoisotopic (exact) mass is 1540 g/mol. The lowest BCUT2D eigenvalue weighted by atomic mass is 9.77. The fourth-order valence-electron chi connectivity index (χ4n) is 2.19. The summed E-state index contributed by atoms with van der Waals surface area (Å²) in [5, 5.41) is 0. The standard InChI is InChI=1S/C10H3Br18/c11-5(12,13)2(6(14,15)16)1(3(7(17,18)19)8(20,21)22)4(9(23,24)25)10(26,27)28/h2-4H. The van der Waals surface area contributed by atoms with Crippen LogP contribution in [0.1, 0.15) is 0 Å². The molecule has 0 spiro atoms. The molecule has 28 heavy (non-hydrogen) atoms. The van der Waals surface area contributed by atoms with E-state index in [9.17, 15) is 0 Å². The molecule has 18 heteroatoms. The van der Waals surface area contributed by atoms with Crippen LogP contribution >= 0.6 is 287 Å². The van der Waals surface area contributed by atoms with Crippen molar-refractivity contribution in [2.75, 3.05) is 0 Å². The molecule has 1 radical (unpaired) electrons. The highest BCUT2D eigenvalue weighted by Crippen LogP contribution is 2.72. The highest BCUT2D eigenvalue weighted by molar-refractivity contribution is 9.42. The molecule has 0 amide bonds. The van der Waals surface area contributed by atoms with E-state index in [1.807, 2.05) is 0 Å². The minimum Gasteiger partial charge on any atom is -0.0595 e. The Hall–Kier alpha value is 8.64. The van der Waals surface area contributed by atoms with E-state index in [0.717, 1.165) is 5.92 Å². The first-order valence-corrected chi connectivity index (χ1v) is 20.3. The van der Waals surface area contributed by atoms with Gasteiger partial charge < -0.3 is 0 Å². The van der Waals surface area contributed by atoms with Gasteiger partial charge in [-0.25, -0.2) is 0 Å². The highest BCUT2D eigenvalue weighted by atomic mass is 80.0. The Labute approximate surface area is 316 Å². The molecule has 169 valence electrons. The maximum Gasteiger partial charge on any atom is 0.141 e. The predicted octanol–water partition coefficient (Wildman–Crippen LogP) is 14.4. The van der Waals surface area contributed by atoms with E-state index in [1.54, 1.807) is 0 Å². The zero-order valence-corrected chi connectivity index (χ0v) is 40.6. The molecule has 0 aromatic heterocycles. The Bertz CT molecular complexity index is 387. The highest BCUT2D eigenvalue weighted by Gasteiger charge is 2.65. The summed E-state index contributed by atoms with van der Waals surface area (Å²) in [5.41, 5.74) is 0. The largest absolute Gasteiger partial charge is 0.141 e. The number of rotatable bonds is 3. The Kier molecular flexibility index (Phi) is 17.4. The van der Waals surface area contributed by atoms with Gasteiger partial charge in [0.15, 0.2) is 0 Å². The normalized spacial score (nSPS) is 16.1. The van der Waals surface area contributed by atoms with Gasteiger partial charge >= 0.3 is 0 Å². The molecule has 0 N–H and O–H groups in total. The lowest BCUT2D eigenvalue weighted by Gasteiger charge is -2.52. The fourth-order valence-corrected chi connectivity index (χ4v) is 21.4. The van der Waals surface area contributed by atoms with E-state index in [2.05, 4.69) is 287 Å². The average molecular weight is 1560 g/mol. The van der Waals surface area contributed by atoms with Crippen molar-refractivity contribution in [1.29, 1.82) is 0 Å². The lowest BCUT2D eigenvalue weighted by molar-refractivity contribution is 0.384. The van der Waals surface area contributed by atoms with Crippen molar-refractivity contribution < 1.29 is 0 Å². The average Bonchev–Trinajstić information content (AvgIpc) is 2.13. The molecule has 0 fully saturated rings. The fraction of sp³-hybridized carbons (Fsp3) is 0.900. The Morgan fingerprint density at radius 2 is 0.393 bits per heavy atom. The maximum atomic E-state index is 3.72. The molecule has 0 unspecified atom stereocenters. The zero-order chi connectivity index (χ0) is 23.3. The molecular formula is C10H3Br18. The van der Waals surface area contributed by atoms with Gasteiger partial charge in [-0.1, -0.05) is 287 Å². The van der Waals surface area contributed by atoms with Crippen LogP contribution in [0, 0.1) is 23.7 Å². The molecule has 0 aliphatic carbocycles. The van der Waals surface area contributed by atoms with E-state index < -0.39 is 12.9 Å². The van der Waals surface area contributed by atoms with Gasteiger partial charge in [0, 0.05) is 23.7 Å². The predicted molar refractivity (Wildman–Crippen MR) is 191 cm³/mol. The third-order valence-electron chi connectivity index (χ3n) is 2.96. The third kappa shape index (κ3) is 12.2. The van der Waals surface area contributed by atoms with Crippen LogP contribution in [0.4, 0.5) is 0 Å². The van der Waals surface area contributed by atoms with Crippen molar-refractivity contribution in [2.24, 2.45) is 17.8 Å². The summed E-state index contributed by atoms with van der Waals surface area (Å²) in [6, 6.07) is 0. The summed E-state index contributed by atoms with van der Waals surface area (Å²) in [6.45, 7) is 0. The van der Waals surface area contributed by atoms with Gasteiger partial charge in [-0.2, -0.15) is 0 Å². The second-order valence-electron chi connectivity index (χ2n) is 5.05. The molecule has 0 bridgehead atoms. The second-order valence-corrected chi connectivity index (χ2v) is 46.7. The van der Waals surface area contributed by atoms with Crippen LogP contribution in [-0.4, -0.2) is 12.9 Å². The molecular weight excluding hydrogens is 1560 g/mol. The lowest BCUT2D eigenvalue weighted by Crippen LogP contribution is -2.53. The van der Waals surface area contributed by atoms with E-state index in [1.165, 1.54) is 0 Å². The number of hydrogen-bond acceptors (Lipinski definition) is 0. The molecule has 0 rings (SSSR count). The molecule has 0 heterocycles. The van der Waals surface area contributed by atoms with Gasteiger partial charge in [0.25, 0.3) is 0 Å². The van der Waals surface area contributed by atoms with Crippen molar-refractivity contribution in [3.8, 4) is 0 Å². The van der Waals surface area contributed by atoms with Crippen molar-refractivity contribution in [3.63, 3.8) is 0 Å². The Balaban J connectivity index is 7.30. The van der Waals surface area contributed by atoms with Gasteiger partial charge in [0.05, 0.1) is 0 Å². The minimum absolute atomic E-state index is 0.312. The summed E-state index contributed by atoms with van der Waals surface area (Å²) in [7, 11) is 0. The SMILES string of the molecule is BrC(Br)(Br)C([C](C(C(Br)(Br)Br)C(Br)(Br)Br)C(C(Br)(Br)Br)C(Br)(Br)Br)C(Br)(Br)Br. The first kappa shape index (κ1) is 36.6. The Morgan fingerprint density at radius 3 is 0.464 bits per heavy atom. The molecule has 0 atom stereocenters. The summed E-state index contributed by atoms with van der Waals surface area (Å²) < 4.78 is -4.40. The third-order valence-corrected chi connectivity index (χ3v) is 11.2. The van der Waals surface area contributed by atoms with E-state index in [-0.39, 0.29) is 17.8 Å². The van der Waals surface area contributed by atoms with Crippen LogP contribution < -0.4 is 0 Å². The molecule has 0 saturated carbocycles. The van der Waals surface area contributed by atoms with Crippen LogP contribution in [0.3, 0.4) is 0 Å². The van der Waals surface area contributed by atoms with Crippen LogP contribution in [0.15, 0.2) is 0 Å². The van der Waals surface area contributed by atoms with Gasteiger partial charge in [0.1, 0.15) is 12.9 Å². The van der Waals surface area contributed by atoms with Gasteiger partial charge in [-0.15, -0.1) is 0 Å². The first-order chi connectivity index (χ1) is 11.7. The Morgan fingerprint density at radius 1 is 0.286 bits per heavy atom. The van der Waals surface area contributed by atoms with Crippen molar-refractivity contribution in [2.45, 2.75) is 12.9 Å². The topological polar surface area (TPSA) is 0 Å². The second kappa shape index (κ2) is 13.3. The first-order valence-electron chi connectivity index (χ1n) is 6.00. The van der Waals surface area contributed by atoms with E-state index in [4.69, 9.17) is 0 Å². The van der Waals surface area contributed by atoms with Gasteiger partial charge in [-0.05, 0) is 0 Å². The van der Waals surface area contributed by atoms with Crippen molar-refractivity contribution in [1.82, 2.24) is 0 Å². The quantitative estimate of drug-likeness (QED) is 0.247. The molecule has 0 saturated heterocycles. The smallest absolute Gasteiger partial charge is 0.0595 e. The number of halogens is 18. The molecule has 0 aromatic carbocycles. The van der Waals surface area contributed by atoms with Crippen molar-refractivity contribution >= 4 is 287 Å². The van der Waals surface area contributed by atoms with Gasteiger partial charge in [0.2, 0.25) is 0 Å². The van der Waals surface area contributed by atoms with E-state index >= 15 is 0 Å². The minimum atomic E-state index is -0.734. The zero-order valence-electron chi connectivity index (χ0n) is 12.0. The number of alkyl halides is 18. The van der Waals surface area contributed by atoms with Gasteiger partial charge in [-0.3, -0.25) is 0 Å². The molecule has 0 aliphatic heterocycles. The summed E-state index contributed by atoms with van der Waals surface area (Å²) in [4.78, 5) is 0. The molecule has 0 aromatic rings. The van der Waals surface area contributed by atoms with Crippen molar-refractivity contribution in [3.05, 3.63) is 5.92 Å². The van der Waals surface area contributed by atoms with E-state index in [0.29, 0.717) is 0 Å². The van der Waals surface area contributed by atoms with Crippen LogP contribution in [-0.2, 0) is 0 Å². The van der Waals surface area contributed by atoms with Crippen LogP contribution in [0.5, 0.6) is 0 Å². The van der Waals surface area contributed by atoms with Crippen LogP contribution in [0.25, 0.3) is 0 Å². The summed E-state index contributed by atoms with van der Waals surface area (Å²) in [6.07, 6.45) is 0. The molecule has 0 nitrogen and oxygen atoms in total.